The van der Waals surface area contributed by atoms with E-state index in [1.165, 1.54) is 17.4 Å². The first-order valence-corrected chi connectivity index (χ1v) is 6.91. The van der Waals surface area contributed by atoms with Crippen LogP contribution >= 0.6 is 11.3 Å². The number of nitrogens with zero attached hydrogens (tertiary/aromatic N) is 3. The van der Waals surface area contributed by atoms with Crippen molar-refractivity contribution in [2.45, 2.75) is 0 Å². The summed E-state index contributed by atoms with van der Waals surface area (Å²) in [4.78, 5) is 29.3. The van der Waals surface area contributed by atoms with Crippen LogP contribution in [-0.2, 0) is 9.59 Å². The van der Waals surface area contributed by atoms with Gasteiger partial charge in [-0.05, 0) is 6.08 Å². The molecule has 0 spiro atoms. The average molecular weight is 292 g/mol. The maximum atomic E-state index is 11.5. The van der Waals surface area contributed by atoms with Gasteiger partial charge in [-0.15, -0.1) is 11.3 Å². The number of amides is 1. The van der Waals surface area contributed by atoms with Crippen molar-refractivity contribution < 1.29 is 14.7 Å². The summed E-state index contributed by atoms with van der Waals surface area (Å²) in [5.74, 6) is -0.428. The van der Waals surface area contributed by atoms with E-state index in [0.717, 1.165) is 11.0 Å². The molecule has 20 heavy (non-hydrogen) atoms. The van der Waals surface area contributed by atoms with Crippen molar-refractivity contribution in [2.24, 2.45) is 0 Å². The second kappa shape index (κ2) is 4.97. The van der Waals surface area contributed by atoms with Gasteiger partial charge in [0, 0.05) is 30.7 Å². The molecule has 8 heteroatoms. The van der Waals surface area contributed by atoms with Crippen molar-refractivity contribution in [3.8, 4) is 0 Å². The molecule has 1 amide bonds. The van der Waals surface area contributed by atoms with Crippen LogP contribution in [0.3, 0.4) is 0 Å². The Morgan fingerprint density at radius 3 is 3.15 bits per heavy atom. The largest absolute Gasteiger partial charge is 0.478 e. The van der Waals surface area contributed by atoms with E-state index in [2.05, 4.69) is 10.3 Å². The number of carboxylic acid groups (broad SMARTS) is 1. The molecule has 2 N–H and O–H groups in total. The first kappa shape index (κ1) is 12.7. The Labute approximate surface area is 118 Å². The number of imidazole rings is 1. The Morgan fingerprint density at radius 1 is 1.55 bits per heavy atom. The van der Waals surface area contributed by atoms with Gasteiger partial charge in [0.25, 0.3) is 0 Å². The molecule has 2 aromatic rings. The fourth-order valence-electron chi connectivity index (χ4n) is 2.15. The quantitative estimate of drug-likeness (QED) is 0.801. The van der Waals surface area contributed by atoms with Gasteiger partial charge in [-0.1, -0.05) is 0 Å². The number of aliphatic carboxylic acids is 1. The van der Waals surface area contributed by atoms with Crippen LogP contribution in [0.5, 0.6) is 0 Å². The summed E-state index contributed by atoms with van der Waals surface area (Å²) in [7, 11) is 0. The molecule has 1 saturated heterocycles. The number of rotatable bonds is 3. The van der Waals surface area contributed by atoms with Crippen LogP contribution in [0.25, 0.3) is 11.0 Å². The number of aromatic nitrogens is 2. The molecule has 0 bridgehead atoms. The molecule has 1 fully saturated rings. The maximum absolute atomic E-state index is 11.5. The lowest BCUT2D eigenvalue weighted by atomic mass is 10.3. The number of carboxylic acids is 1. The summed E-state index contributed by atoms with van der Waals surface area (Å²) >= 11 is 1.46. The third kappa shape index (κ3) is 2.25. The number of fused-ring (bicyclic) bond motifs is 1. The highest BCUT2D eigenvalue weighted by Gasteiger charge is 2.22. The topological polar surface area (TPSA) is 86.9 Å². The molecule has 3 heterocycles. The molecule has 0 saturated carbocycles. The number of anilines is 1. The summed E-state index contributed by atoms with van der Waals surface area (Å²) in [6.45, 7) is 1.45. The standard InChI is InChI=1S/C12H12N4O3S/c17-9-7-15(4-3-13-9)11-8(1-2-10(18)19)16-5-6-20-12(16)14-11/h1-2,5-6H,3-4,7H2,(H,13,17)(H,18,19). The van der Waals surface area contributed by atoms with E-state index in [-0.39, 0.29) is 12.5 Å². The highest BCUT2D eigenvalue weighted by atomic mass is 32.1. The average Bonchev–Trinajstić information content (AvgIpc) is 2.96. The van der Waals surface area contributed by atoms with Crippen LogP contribution in [0.4, 0.5) is 5.82 Å². The van der Waals surface area contributed by atoms with Crippen LogP contribution in [0.1, 0.15) is 5.69 Å². The first-order valence-electron chi connectivity index (χ1n) is 6.03. The molecule has 0 atom stereocenters. The molecule has 0 aliphatic carbocycles. The fraction of sp³-hybridized carbons (Fsp3) is 0.250. The molecule has 1 aliphatic heterocycles. The van der Waals surface area contributed by atoms with E-state index in [1.807, 2.05) is 20.9 Å². The van der Waals surface area contributed by atoms with E-state index in [1.54, 1.807) is 0 Å². The molecular formula is C12H12N4O3S. The van der Waals surface area contributed by atoms with Gasteiger partial charge in [0.1, 0.15) is 0 Å². The summed E-state index contributed by atoms with van der Waals surface area (Å²) in [5.41, 5.74) is 0.679. The summed E-state index contributed by atoms with van der Waals surface area (Å²) in [6.07, 6.45) is 4.42. The van der Waals surface area contributed by atoms with Gasteiger partial charge < -0.3 is 15.3 Å². The molecule has 1 aliphatic rings. The SMILES string of the molecule is O=C(O)C=Cc1c(N2CCNC(=O)C2)nc2sccn12. The van der Waals surface area contributed by atoms with Gasteiger partial charge in [0.15, 0.2) is 10.8 Å². The monoisotopic (exact) mass is 292 g/mol. The molecular weight excluding hydrogens is 280 g/mol. The zero-order valence-corrected chi connectivity index (χ0v) is 11.3. The Kier molecular flexibility index (Phi) is 3.15. The van der Waals surface area contributed by atoms with E-state index in [9.17, 15) is 9.59 Å². The smallest absolute Gasteiger partial charge is 0.328 e. The van der Waals surface area contributed by atoms with Gasteiger partial charge >= 0.3 is 5.97 Å². The Balaban J connectivity index is 2.04. The van der Waals surface area contributed by atoms with Gasteiger partial charge in [0.2, 0.25) is 5.91 Å². The van der Waals surface area contributed by atoms with Crippen LogP contribution in [0, 0.1) is 0 Å². The predicted molar refractivity (Wildman–Crippen MR) is 75.0 cm³/mol. The van der Waals surface area contributed by atoms with Crippen molar-refractivity contribution in [1.82, 2.24) is 14.7 Å². The first-order chi connectivity index (χ1) is 9.65. The second-order valence-corrected chi connectivity index (χ2v) is 5.19. The lowest BCUT2D eigenvalue weighted by Gasteiger charge is -2.27. The fourth-order valence-corrected chi connectivity index (χ4v) is 2.87. The molecule has 2 aromatic heterocycles. The van der Waals surface area contributed by atoms with Crippen LogP contribution < -0.4 is 10.2 Å². The van der Waals surface area contributed by atoms with Crippen LogP contribution in [0.15, 0.2) is 17.7 Å². The normalized spacial score (nSPS) is 16.0. The Morgan fingerprint density at radius 2 is 2.40 bits per heavy atom. The highest BCUT2D eigenvalue weighted by Crippen LogP contribution is 2.26. The van der Waals surface area contributed by atoms with E-state index >= 15 is 0 Å². The Bertz CT molecular complexity index is 703. The number of nitrogens with one attached hydrogen (secondary N) is 1. The minimum absolute atomic E-state index is 0.0548. The maximum Gasteiger partial charge on any atom is 0.328 e. The van der Waals surface area contributed by atoms with Crippen LogP contribution in [-0.4, -0.2) is 46.0 Å². The second-order valence-electron chi connectivity index (χ2n) is 4.32. The number of hydrogen-bond acceptors (Lipinski definition) is 5. The van der Waals surface area contributed by atoms with E-state index < -0.39 is 5.97 Å². The molecule has 7 nitrogen and oxygen atoms in total. The third-order valence-corrected chi connectivity index (χ3v) is 3.76. The lowest BCUT2D eigenvalue weighted by Crippen LogP contribution is -2.48. The number of hydrogen-bond donors (Lipinski definition) is 2. The van der Waals surface area contributed by atoms with Gasteiger partial charge in [-0.2, -0.15) is 0 Å². The molecule has 0 radical (unpaired) electrons. The third-order valence-electron chi connectivity index (χ3n) is 3.00. The number of carbonyl (C=O) groups is 2. The van der Waals surface area contributed by atoms with Crippen molar-refractivity contribution in [3.63, 3.8) is 0 Å². The molecule has 0 unspecified atom stereocenters. The van der Waals surface area contributed by atoms with Crippen LogP contribution in [0.2, 0.25) is 0 Å². The Hall–Kier alpha value is -2.35. The minimum Gasteiger partial charge on any atom is -0.478 e. The van der Waals surface area contributed by atoms with Gasteiger partial charge in [0.05, 0.1) is 12.2 Å². The summed E-state index contributed by atoms with van der Waals surface area (Å²) in [6, 6.07) is 0. The zero-order valence-electron chi connectivity index (χ0n) is 10.4. The predicted octanol–water partition coefficient (Wildman–Crippen LogP) is 0.430. The van der Waals surface area contributed by atoms with Gasteiger partial charge in [-0.25, -0.2) is 9.78 Å². The van der Waals surface area contributed by atoms with Crippen molar-refractivity contribution in [2.75, 3.05) is 24.5 Å². The number of thiazole rings is 1. The highest BCUT2D eigenvalue weighted by molar-refractivity contribution is 7.15. The molecule has 3 rings (SSSR count). The summed E-state index contributed by atoms with van der Waals surface area (Å²) < 4.78 is 1.83. The minimum atomic E-state index is -1.02. The lowest BCUT2D eigenvalue weighted by molar-refractivity contribution is -0.131. The zero-order chi connectivity index (χ0) is 14.1. The molecule has 104 valence electrons. The van der Waals surface area contributed by atoms with Crippen molar-refractivity contribution in [3.05, 3.63) is 23.3 Å². The van der Waals surface area contributed by atoms with E-state index in [0.29, 0.717) is 24.6 Å². The van der Waals surface area contributed by atoms with Gasteiger partial charge in [-0.3, -0.25) is 9.20 Å². The van der Waals surface area contributed by atoms with E-state index in [4.69, 9.17) is 5.11 Å². The number of piperazine rings is 1. The van der Waals surface area contributed by atoms with Crippen molar-refractivity contribution >= 4 is 40.1 Å². The number of carbonyl (C=O) groups excluding carboxylic acids is 1. The summed E-state index contributed by atoms with van der Waals surface area (Å²) in [5, 5.41) is 13.4. The molecule has 0 aromatic carbocycles. The van der Waals surface area contributed by atoms with Crippen molar-refractivity contribution in [1.29, 1.82) is 0 Å².